The molecule has 0 aliphatic carbocycles. The minimum atomic E-state index is -0.768. The van der Waals surface area contributed by atoms with E-state index < -0.39 is 6.10 Å². The van der Waals surface area contributed by atoms with Gasteiger partial charge in [-0.1, -0.05) is 347 Å². The molecule has 77 heavy (non-hydrogen) atoms. The Kier molecular flexibility index (Phi) is 64.6. The van der Waals surface area contributed by atoms with Crippen LogP contribution in [0.4, 0.5) is 0 Å². The summed E-state index contributed by atoms with van der Waals surface area (Å²) in [6, 6.07) is 0. The number of allylic oxidation sites excluding steroid dienone is 4. The van der Waals surface area contributed by atoms with Crippen molar-refractivity contribution in [3.05, 3.63) is 24.3 Å². The van der Waals surface area contributed by atoms with E-state index in [2.05, 4.69) is 45.1 Å². The number of carbonyl (C=O) groups is 3. The molecule has 0 radical (unpaired) electrons. The van der Waals surface area contributed by atoms with Crippen LogP contribution in [-0.2, 0) is 28.6 Å². The molecular formula is C71H134O6. The second kappa shape index (κ2) is 66.4. The molecule has 0 amide bonds. The van der Waals surface area contributed by atoms with Crippen LogP contribution in [0, 0.1) is 0 Å². The third-order valence-corrected chi connectivity index (χ3v) is 16.0. The van der Waals surface area contributed by atoms with Crippen LogP contribution >= 0.6 is 0 Å². The van der Waals surface area contributed by atoms with Crippen molar-refractivity contribution in [1.82, 2.24) is 0 Å². The quantitative estimate of drug-likeness (QED) is 0.0261. The average Bonchev–Trinajstić information content (AvgIpc) is 3.43. The van der Waals surface area contributed by atoms with Crippen LogP contribution in [0.2, 0.25) is 0 Å². The van der Waals surface area contributed by atoms with Gasteiger partial charge in [0.05, 0.1) is 0 Å². The summed E-state index contributed by atoms with van der Waals surface area (Å²) in [5, 5.41) is 0. The Balaban J connectivity index is 4.27. The number of rotatable bonds is 65. The molecule has 1 atom stereocenters. The summed E-state index contributed by atoms with van der Waals surface area (Å²) in [5.41, 5.74) is 0. The molecule has 0 spiro atoms. The molecule has 0 aliphatic rings. The summed E-state index contributed by atoms with van der Waals surface area (Å²) in [5.74, 6) is -0.833. The van der Waals surface area contributed by atoms with Crippen LogP contribution in [0.25, 0.3) is 0 Å². The van der Waals surface area contributed by atoms with Crippen molar-refractivity contribution >= 4 is 17.9 Å². The summed E-state index contributed by atoms with van der Waals surface area (Å²) >= 11 is 0. The van der Waals surface area contributed by atoms with E-state index in [1.54, 1.807) is 0 Å². The molecule has 0 aliphatic heterocycles. The van der Waals surface area contributed by atoms with Crippen LogP contribution in [0.5, 0.6) is 0 Å². The zero-order valence-corrected chi connectivity index (χ0v) is 52.3. The fraction of sp³-hybridized carbons (Fsp3) is 0.901. The minimum Gasteiger partial charge on any atom is -0.462 e. The predicted molar refractivity (Wildman–Crippen MR) is 335 cm³/mol. The molecule has 0 saturated carbocycles. The third kappa shape index (κ3) is 64.6. The van der Waals surface area contributed by atoms with E-state index in [4.69, 9.17) is 14.2 Å². The molecule has 0 heterocycles. The molecule has 0 bridgehead atoms. The van der Waals surface area contributed by atoms with E-state index in [1.165, 1.54) is 289 Å². The first-order chi connectivity index (χ1) is 38.0. The van der Waals surface area contributed by atoms with Crippen LogP contribution in [-0.4, -0.2) is 37.2 Å². The van der Waals surface area contributed by atoms with E-state index in [1.807, 2.05) is 0 Å². The zero-order valence-electron chi connectivity index (χ0n) is 52.3. The number of unbranched alkanes of at least 4 members (excludes halogenated alkanes) is 50. The largest absolute Gasteiger partial charge is 0.462 e. The maximum atomic E-state index is 12.9. The minimum absolute atomic E-state index is 0.0648. The average molecular weight is 1080 g/mol. The fourth-order valence-electron chi connectivity index (χ4n) is 10.7. The van der Waals surface area contributed by atoms with Gasteiger partial charge in [-0.15, -0.1) is 0 Å². The topological polar surface area (TPSA) is 78.9 Å². The monoisotopic (exact) mass is 1080 g/mol. The van der Waals surface area contributed by atoms with Gasteiger partial charge >= 0.3 is 17.9 Å². The molecule has 6 heteroatoms. The van der Waals surface area contributed by atoms with Gasteiger partial charge in [0.1, 0.15) is 13.2 Å². The normalized spacial score (nSPS) is 12.1. The highest BCUT2D eigenvalue weighted by Crippen LogP contribution is 2.19. The highest BCUT2D eigenvalue weighted by Gasteiger charge is 2.19. The summed E-state index contributed by atoms with van der Waals surface area (Å²) < 4.78 is 17.0. The summed E-state index contributed by atoms with van der Waals surface area (Å²) in [6.45, 7) is 6.71. The van der Waals surface area contributed by atoms with Gasteiger partial charge in [-0.05, 0) is 51.4 Å². The fourth-order valence-corrected chi connectivity index (χ4v) is 10.7. The van der Waals surface area contributed by atoms with Crippen molar-refractivity contribution in [2.24, 2.45) is 0 Å². The van der Waals surface area contributed by atoms with Crippen molar-refractivity contribution in [2.45, 2.75) is 399 Å². The van der Waals surface area contributed by atoms with E-state index in [0.717, 1.165) is 64.2 Å². The highest BCUT2D eigenvalue weighted by atomic mass is 16.6. The standard InChI is InChI=1S/C71H134O6/c1-4-7-10-13-16-19-22-25-28-30-32-34-35-37-38-40-43-46-49-52-55-58-61-64-70(73)76-67-68(66-75-69(72)63-60-57-54-51-48-45-42-27-24-21-18-15-12-9-6-3)77-71(74)65-62-59-56-53-50-47-44-41-39-36-33-31-29-26-23-20-17-14-11-8-5-2/h22,25,30,32,68H,4-21,23-24,26-29,31,33-67H2,1-3H3/b25-22-,32-30-. The third-order valence-electron chi connectivity index (χ3n) is 16.0. The Morgan fingerprint density at radius 3 is 0.714 bits per heavy atom. The lowest BCUT2D eigenvalue weighted by atomic mass is 10.0. The van der Waals surface area contributed by atoms with Crippen molar-refractivity contribution in [3.8, 4) is 0 Å². The molecule has 0 N–H and O–H groups in total. The maximum Gasteiger partial charge on any atom is 0.306 e. The molecule has 454 valence electrons. The van der Waals surface area contributed by atoms with E-state index >= 15 is 0 Å². The first-order valence-electron chi connectivity index (χ1n) is 34.8. The van der Waals surface area contributed by atoms with Crippen LogP contribution < -0.4 is 0 Å². The van der Waals surface area contributed by atoms with E-state index in [0.29, 0.717) is 19.3 Å². The van der Waals surface area contributed by atoms with Gasteiger partial charge in [0.2, 0.25) is 0 Å². The van der Waals surface area contributed by atoms with Gasteiger partial charge in [0.25, 0.3) is 0 Å². The number of hydrogen-bond acceptors (Lipinski definition) is 6. The van der Waals surface area contributed by atoms with E-state index in [9.17, 15) is 14.4 Å². The van der Waals surface area contributed by atoms with Gasteiger partial charge in [-0.2, -0.15) is 0 Å². The van der Waals surface area contributed by atoms with Crippen LogP contribution in [0.15, 0.2) is 24.3 Å². The lowest BCUT2D eigenvalue weighted by Crippen LogP contribution is -2.30. The molecule has 0 saturated heterocycles. The van der Waals surface area contributed by atoms with Crippen molar-refractivity contribution in [3.63, 3.8) is 0 Å². The van der Waals surface area contributed by atoms with Gasteiger partial charge in [-0.25, -0.2) is 0 Å². The van der Waals surface area contributed by atoms with Gasteiger partial charge < -0.3 is 14.2 Å². The zero-order chi connectivity index (χ0) is 55.7. The van der Waals surface area contributed by atoms with Crippen molar-refractivity contribution < 1.29 is 28.6 Å². The van der Waals surface area contributed by atoms with E-state index in [-0.39, 0.29) is 31.1 Å². The Labute approximate surface area is 481 Å². The number of carbonyl (C=O) groups excluding carboxylic acids is 3. The van der Waals surface area contributed by atoms with Gasteiger partial charge in [0.15, 0.2) is 6.10 Å². The summed E-state index contributed by atoms with van der Waals surface area (Å²) in [4.78, 5) is 38.4. The summed E-state index contributed by atoms with van der Waals surface area (Å²) in [7, 11) is 0. The smallest absolute Gasteiger partial charge is 0.306 e. The molecule has 0 rings (SSSR count). The molecule has 1 unspecified atom stereocenters. The Morgan fingerprint density at radius 1 is 0.260 bits per heavy atom. The first kappa shape index (κ1) is 74.9. The second-order valence-corrected chi connectivity index (χ2v) is 23.8. The molecule has 0 aromatic carbocycles. The number of ether oxygens (including phenoxy) is 3. The number of esters is 3. The van der Waals surface area contributed by atoms with Gasteiger partial charge in [-0.3, -0.25) is 14.4 Å². The highest BCUT2D eigenvalue weighted by molar-refractivity contribution is 5.71. The lowest BCUT2D eigenvalue weighted by Gasteiger charge is -2.18. The number of hydrogen-bond donors (Lipinski definition) is 0. The lowest BCUT2D eigenvalue weighted by molar-refractivity contribution is -0.167. The Hall–Kier alpha value is -2.11. The Morgan fingerprint density at radius 2 is 0.468 bits per heavy atom. The van der Waals surface area contributed by atoms with Gasteiger partial charge in [0, 0.05) is 19.3 Å². The van der Waals surface area contributed by atoms with Crippen molar-refractivity contribution in [1.29, 1.82) is 0 Å². The molecular weight excluding hydrogens is 949 g/mol. The molecule has 6 nitrogen and oxygen atoms in total. The SMILES string of the molecule is CCCCCCC/C=C\C/C=C\CCCCCCCCCCCCCC(=O)OCC(COC(=O)CCCCCCCCCCCCCCCCC)OC(=O)CCCCCCCCCCCCCCCCCCCCCCC. The predicted octanol–water partition coefficient (Wildman–Crippen LogP) is 23.8. The molecule has 0 fully saturated rings. The first-order valence-corrected chi connectivity index (χ1v) is 34.8. The van der Waals surface area contributed by atoms with Crippen LogP contribution in [0.3, 0.4) is 0 Å². The second-order valence-electron chi connectivity index (χ2n) is 23.8. The maximum absolute atomic E-state index is 12.9. The van der Waals surface area contributed by atoms with Crippen LogP contribution in [0.1, 0.15) is 393 Å². The Bertz CT molecular complexity index is 1240. The molecule has 0 aromatic heterocycles. The summed E-state index contributed by atoms with van der Waals surface area (Å²) in [6.07, 6.45) is 80.5. The van der Waals surface area contributed by atoms with Crippen molar-refractivity contribution in [2.75, 3.05) is 13.2 Å². The molecule has 0 aromatic rings.